The van der Waals surface area contributed by atoms with E-state index in [1.165, 1.54) is 27.2 Å². The van der Waals surface area contributed by atoms with E-state index in [0.717, 1.165) is 61.2 Å². The fourth-order valence-corrected chi connectivity index (χ4v) is 7.38. The first-order chi connectivity index (χ1) is 22.8. The van der Waals surface area contributed by atoms with E-state index >= 15 is 0 Å². The maximum atomic E-state index is 6.24. The van der Waals surface area contributed by atoms with Crippen LogP contribution in [-0.4, -0.2) is 9.13 Å². The molecular formula is C43H30N2O. The fourth-order valence-electron chi connectivity index (χ4n) is 7.38. The minimum Gasteiger partial charge on any atom is -0.456 e. The number of allylic oxidation sites excluding steroid dienone is 1. The van der Waals surface area contributed by atoms with Crippen molar-refractivity contribution in [2.45, 2.75) is 6.92 Å². The van der Waals surface area contributed by atoms with Crippen molar-refractivity contribution in [2.24, 2.45) is 0 Å². The molecule has 0 fully saturated rings. The predicted octanol–water partition coefficient (Wildman–Crippen LogP) is 12.0. The molecular weight excluding hydrogens is 560 g/mol. The SMILES string of the molecule is C=Cc1c(/C=C\C)n(-c2cccc(-c3cccc4oc5ccccc5c34)c2)c2ccc3c(c4ccccc4n3-c3ccccc3)c12. The summed E-state index contributed by atoms with van der Waals surface area (Å²) in [5, 5.41) is 5.95. The van der Waals surface area contributed by atoms with Crippen LogP contribution in [-0.2, 0) is 0 Å². The predicted molar refractivity (Wildman–Crippen MR) is 195 cm³/mol. The van der Waals surface area contributed by atoms with Crippen LogP contribution in [0.4, 0.5) is 0 Å². The van der Waals surface area contributed by atoms with Crippen molar-refractivity contribution in [3.8, 4) is 22.5 Å². The number of fused-ring (bicyclic) bond motifs is 8. The molecule has 0 N–H and O–H groups in total. The van der Waals surface area contributed by atoms with Crippen LogP contribution in [0.15, 0.2) is 151 Å². The van der Waals surface area contributed by atoms with E-state index in [-0.39, 0.29) is 0 Å². The van der Waals surface area contributed by atoms with E-state index in [2.05, 4.69) is 156 Å². The Hall–Kier alpha value is -6.06. The quantitative estimate of drug-likeness (QED) is 0.195. The molecule has 0 amide bonds. The molecule has 218 valence electrons. The third-order valence-electron chi connectivity index (χ3n) is 9.20. The van der Waals surface area contributed by atoms with Crippen LogP contribution in [0, 0.1) is 0 Å². The Morgan fingerprint density at radius 2 is 1.26 bits per heavy atom. The van der Waals surface area contributed by atoms with Crippen LogP contribution in [0.1, 0.15) is 18.2 Å². The Bertz CT molecular complexity index is 2660. The van der Waals surface area contributed by atoms with Crippen LogP contribution >= 0.6 is 0 Å². The lowest BCUT2D eigenvalue weighted by Gasteiger charge is -2.12. The lowest BCUT2D eigenvalue weighted by atomic mass is 9.99. The van der Waals surface area contributed by atoms with Crippen molar-refractivity contribution in [2.75, 3.05) is 0 Å². The van der Waals surface area contributed by atoms with E-state index < -0.39 is 0 Å². The van der Waals surface area contributed by atoms with Crippen LogP contribution in [0.2, 0.25) is 0 Å². The highest BCUT2D eigenvalue weighted by Crippen LogP contribution is 2.43. The molecule has 9 aromatic rings. The van der Waals surface area contributed by atoms with Crippen molar-refractivity contribution < 1.29 is 4.42 Å². The van der Waals surface area contributed by atoms with Crippen LogP contribution in [0.25, 0.3) is 89.3 Å². The van der Waals surface area contributed by atoms with Crippen LogP contribution in [0.3, 0.4) is 0 Å². The normalized spacial score (nSPS) is 12.0. The average molecular weight is 591 g/mol. The Morgan fingerprint density at radius 1 is 0.565 bits per heavy atom. The van der Waals surface area contributed by atoms with Gasteiger partial charge >= 0.3 is 0 Å². The molecule has 0 spiro atoms. The summed E-state index contributed by atoms with van der Waals surface area (Å²) in [7, 11) is 0. The molecule has 0 aliphatic carbocycles. The second-order valence-corrected chi connectivity index (χ2v) is 11.7. The number of aromatic nitrogens is 2. The summed E-state index contributed by atoms with van der Waals surface area (Å²) in [4.78, 5) is 0. The standard InChI is InChI=1S/C43H30N2O/c1-3-14-35-31(4-2)42-37(25-26-38-43(42)33-19-8-10-22-36(33)44(38)29-16-6-5-7-17-29)45(35)30-18-12-15-28(27-30)32-21-13-24-40-41(32)34-20-9-11-23-39(34)46-40/h3-27H,2H2,1H3/b14-3-. The van der Waals surface area contributed by atoms with E-state index in [9.17, 15) is 0 Å². The minimum atomic E-state index is 0.899. The zero-order valence-electron chi connectivity index (χ0n) is 25.4. The molecule has 0 unspecified atom stereocenters. The zero-order chi connectivity index (χ0) is 30.8. The third-order valence-corrected chi connectivity index (χ3v) is 9.20. The molecule has 0 saturated heterocycles. The third kappa shape index (κ3) is 3.72. The molecule has 0 aliphatic heterocycles. The highest BCUT2D eigenvalue weighted by Gasteiger charge is 2.22. The number of rotatable bonds is 5. The largest absolute Gasteiger partial charge is 0.456 e. The molecule has 0 radical (unpaired) electrons. The van der Waals surface area contributed by atoms with Gasteiger partial charge in [-0.3, -0.25) is 0 Å². The molecule has 3 heterocycles. The number of hydrogen-bond donors (Lipinski definition) is 0. The Kier molecular flexibility index (Phi) is 5.87. The first kappa shape index (κ1) is 26.4. The summed E-state index contributed by atoms with van der Waals surface area (Å²) in [6.07, 6.45) is 6.34. The van der Waals surface area contributed by atoms with Gasteiger partial charge in [0.15, 0.2) is 0 Å². The number of para-hydroxylation sites is 3. The first-order valence-electron chi connectivity index (χ1n) is 15.7. The second kappa shape index (κ2) is 10.3. The molecule has 46 heavy (non-hydrogen) atoms. The summed E-state index contributed by atoms with van der Waals surface area (Å²) in [6, 6.07) is 47.4. The van der Waals surface area contributed by atoms with Crippen molar-refractivity contribution >= 4 is 66.8 Å². The van der Waals surface area contributed by atoms with Gasteiger partial charge in [0.25, 0.3) is 0 Å². The van der Waals surface area contributed by atoms with E-state index in [1.807, 2.05) is 18.2 Å². The summed E-state index contributed by atoms with van der Waals surface area (Å²) in [5.41, 5.74) is 12.1. The monoisotopic (exact) mass is 590 g/mol. The fraction of sp³-hybridized carbons (Fsp3) is 0.0233. The highest BCUT2D eigenvalue weighted by molar-refractivity contribution is 6.24. The Balaban J connectivity index is 1.36. The van der Waals surface area contributed by atoms with Gasteiger partial charge in [-0.05, 0) is 78.7 Å². The molecule has 3 nitrogen and oxygen atoms in total. The maximum Gasteiger partial charge on any atom is 0.136 e. The molecule has 9 rings (SSSR count). The number of hydrogen-bond acceptors (Lipinski definition) is 1. The van der Waals surface area contributed by atoms with Gasteiger partial charge in [-0.1, -0.05) is 97.6 Å². The smallest absolute Gasteiger partial charge is 0.136 e. The van der Waals surface area contributed by atoms with Gasteiger partial charge in [0.05, 0.1) is 22.2 Å². The van der Waals surface area contributed by atoms with Gasteiger partial charge in [-0.2, -0.15) is 0 Å². The highest BCUT2D eigenvalue weighted by atomic mass is 16.3. The maximum absolute atomic E-state index is 6.24. The van der Waals surface area contributed by atoms with Crippen molar-refractivity contribution in [3.63, 3.8) is 0 Å². The van der Waals surface area contributed by atoms with Gasteiger partial charge in [0.1, 0.15) is 11.2 Å². The minimum absolute atomic E-state index is 0.899. The summed E-state index contributed by atoms with van der Waals surface area (Å²) in [5.74, 6) is 0. The lowest BCUT2D eigenvalue weighted by molar-refractivity contribution is 0.669. The van der Waals surface area contributed by atoms with Gasteiger partial charge in [-0.15, -0.1) is 0 Å². The van der Waals surface area contributed by atoms with Gasteiger partial charge in [-0.25, -0.2) is 0 Å². The lowest BCUT2D eigenvalue weighted by Crippen LogP contribution is -1.98. The average Bonchev–Trinajstić information content (AvgIpc) is 3.76. The zero-order valence-corrected chi connectivity index (χ0v) is 25.4. The first-order valence-corrected chi connectivity index (χ1v) is 15.7. The number of benzene rings is 6. The molecule has 3 heteroatoms. The molecule has 0 aliphatic rings. The molecule has 0 bridgehead atoms. The van der Waals surface area contributed by atoms with Gasteiger partial charge in [0.2, 0.25) is 0 Å². The van der Waals surface area contributed by atoms with Gasteiger partial charge in [0, 0.05) is 43.9 Å². The van der Waals surface area contributed by atoms with E-state index in [1.54, 1.807) is 0 Å². The van der Waals surface area contributed by atoms with Crippen molar-refractivity contribution in [3.05, 3.63) is 157 Å². The van der Waals surface area contributed by atoms with Crippen molar-refractivity contribution in [1.29, 1.82) is 0 Å². The summed E-state index contributed by atoms with van der Waals surface area (Å²) < 4.78 is 11.0. The van der Waals surface area contributed by atoms with E-state index in [4.69, 9.17) is 4.42 Å². The molecule has 3 aromatic heterocycles. The van der Waals surface area contributed by atoms with Crippen molar-refractivity contribution in [1.82, 2.24) is 9.13 Å². The summed E-state index contributed by atoms with van der Waals surface area (Å²) in [6.45, 7) is 6.42. The van der Waals surface area contributed by atoms with Crippen LogP contribution in [0.5, 0.6) is 0 Å². The Labute approximate surface area is 266 Å². The topological polar surface area (TPSA) is 23.0 Å². The van der Waals surface area contributed by atoms with Crippen LogP contribution < -0.4 is 0 Å². The number of nitrogens with zero attached hydrogens (tertiary/aromatic N) is 2. The Morgan fingerprint density at radius 3 is 2.09 bits per heavy atom. The summed E-state index contributed by atoms with van der Waals surface area (Å²) >= 11 is 0. The van der Waals surface area contributed by atoms with E-state index in [0.29, 0.717) is 0 Å². The molecule has 0 atom stereocenters. The molecule has 6 aromatic carbocycles. The molecule has 0 saturated carbocycles. The number of furan rings is 1. The van der Waals surface area contributed by atoms with Gasteiger partial charge < -0.3 is 13.6 Å². The second-order valence-electron chi connectivity index (χ2n) is 11.7.